The summed E-state index contributed by atoms with van der Waals surface area (Å²) in [4.78, 5) is 33.0. The normalized spacial score (nSPS) is 11.4. The van der Waals surface area contributed by atoms with Crippen molar-refractivity contribution in [2.45, 2.75) is 33.3 Å². The Hall–Kier alpha value is -4.50. The predicted molar refractivity (Wildman–Crippen MR) is 152 cm³/mol. The maximum absolute atomic E-state index is 14.1. The number of hydrogen-bond donors (Lipinski definition) is 1. The molecule has 40 heavy (non-hydrogen) atoms. The summed E-state index contributed by atoms with van der Waals surface area (Å²) in [6.45, 7) is 11.4. The molecule has 1 N–H and O–H groups in total. The van der Waals surface area contributed by atoms with Crippen LogP contribution in [0, 0.1) is 12.7 Å². The molecular formula is C31H32FN3O5. The van der Waals surface area contributed by atoms with E-state index in [-0.39, 0.29) is 30.0 Å². The number of anilines is 1. The number of aromatic hydroxyl groups is 1. The molecule has 0 radical (unpaired) electrons. The van der Waals surface area contributed by atoms with Gasteiger partial charge < -0.3 is 14.6 Å². The molecular weight excluding hydrogens is 513 g/mol. The zero-order valence-corrected chi connectivity index (χ0v) is 23.2. The molecule has 0 atom stereocenters. The predicted octanol–water partition coefficient (Wildman–Crippen LogP) is 6.42. The summed E-state index contributed by atoms with van der Waals surface area (Å²) in [5, 5.41) is 10.3. The van der Waals surface area contributed by atoms with Gasteiger partial charge >= 0.3 is 6.09 Å². The molecule has 1 amide bonds. The van der Waals surface area contributed by atoms with E-state index >= 15 is 0 Å². The summed E-state index contributed by atoms with van der Waals surface area (Å²) < 4.78 is 26.7. The van der Waals surface area contributed by atoms with Gasteiger partial charge in [0.1, 0.15) is 17.2 Å². The number of ketones is 1. The van der Waals surface area contributed by atoms with Crippen LogP contribution in [0.1, 0.15) is 47.8 Å². The van der Waals surface area contributed by atoms with E-state index < -0.39 is 23.3 Å². The molecule has 208 valence electrons. The smallest absolute Gasteiger partial charge is 0.415 e. The van der Waals surface area contributed by atoms with E-state index in [2.05, 4.69) is 11.6 Å². The second-order valence-corrected chi connectivity index (χ2v) is 10.3. The highest BCUT2D eigenvalue weighted by Gasteiger charge is 2.28. The zero-order chi connectivity index (χ0) is 29.2. The van der Waals surface area contributed by atoms with E-state index in [1.54, 1.807) is 43.6 Å². The standard InChI is InChI=1S/C31H32FN3O5/c1-7-20-8-9-21(14-19(20)2)26-17-33-29-25(34(12-13-39-6)30(38)40-31(3,4)5)15-22(18-35(26)29)28(37)24-16-23(32)10-11-27(24)36/h7-11,14-18,36H,1,12-13H2,2-6H3. The van der Waals surface area contributed by atoms with Gasteiger partial charge in [0.05, 0.1) is 36.3 Å². The molecule has 0 fully saturated rings. The highest BCUT2D eigenvalue weighted by atomic mass is 19.1. The number of aromatic nitrogens is 2. The molecule has 4 aromatic rings. The molecule has 0 aliphatic rings. The van der Waals surface area contributed by atoms with E-state index in [9.17, 15) is 19.1 Å². The third kappa shape index (κ3) is 5.89. The molecule has 0 aliphatic heterocycles. The number of aryl methyl sites for hydroxylation is 1. The first-order chi connectivity index (χ1) is 18.9. The monoisotopic (exact) mass is 545 g/mol. The quantitative estimate of drug-likeness (QED) is 0.257. The van der Waals surface area contributed by atoms with Gasteiger partial charge in [-0.25, -0.2) is 14.2 Å². The van der Waals surface area contributed by atoms with Crippen molar-refractivity contribution in [2.24, 2.45) is 0 Å². The van der Waals surface area contributed by atoms with Crippen LogP contribution in [0.25, 0.3) is 23.0 Å². The van der Waals surface area contributed by atoms with Crippen LogP contribution >= 0.6 is 0 Å². The molecule has 0 unspecified atom stereocenters. The lowest BCUT2D eigenvalue weighted by Gasteiger charge is -2.28. The van der Waals surface area contributed by atoms with Crippen molar-refractivity contribution >= 4 is 29.3 Å². The third-order valence-electron chi connectivity index (χ3n) is 6.26. The lowest BCUT2D eigenvalue weighted by Crippen LogP contribution is -2.39. The van der Waals surface area contributed by atoms with Crippen LogP contribution in [0.5, 0.6) is 5.75 Å². The van der Waals surface area contributed by atoms with Gasteiger partial charge in [0.2, 0.25) is 0 Å². The molecule has 0 saturated carbocycles. The Morgan fingerprint density at radius 2 is 1.93 bits per heavy atom. The number of phenolic OH excluding ortho intramolecular Hbond substituents is 1. The van der Waals surface area contributed by atoms with Crippen LogP contribution in [0.4, 0.5) is 14.9 Å². The lowest BCUT2D eigenvalue weighted by molar-refractivity contribution is 0.0569. The van der Waals surface area contributed by atoms with Gasteiger partial charge in [0.15, 0.2) is 11.4 Å². The second-order valence-electron chi connectivity index (χ2n) is 10.3. The van der Waals surface area contributed by atoms with Crippen molar-refractivity contribution in [3.8, 4) is 17.0 Å². The minimum Gasteiger partial charge on any atom is -0.507 e. The topological polar surface area (TPSA) is 93.4 Å². The van der Waals surface area contributed by atoms with E-state index in [0.717, 1.165) is 34.9 Å². The Morgan fingerprint density at radius 1 is 1.18 bits per heavy atom. The number of hydrogen-bond acceptors (Lipinski definition) is 6. The molecule has 2 aromatic heterocycles. The summed E-state index contributed by atoms with van der Waals surface area (Å²) in [5.74, 6) is -1.66. The van der Waals surface area contributed by atoms with Crippen LogP contribution in [0.15, 0.2) is 61.4 Å². The maximum Gasteiger partial charge on any atom is 0.415 e. The second kappa shape index (κ2) is 11.3. The number of rotatable bonds is 8. The van der Waals surface area contributed by atoms with E-state index in [0.29, 0.717) is 17.0 Å². The summed E-state index contributed by atoms with van der Waals surface area (Å²) >= 11 is 0. The first-order valence-corrected chi connectivity index (χ1v) is 12.7. The zero-order valence-electron chi connectivity index (χ0n) is 23.2. The SMILES string of the molecule is C=Cc1ccc(-c2cnc3c(N(CCOC)C(=O)OC(C)(C)C)cc(C(=O)c4cc(F)ccc4O)cn23)cc1C. The van der Waals surface area contributed by atoms with Gasteiger partial charge in [-0.05, 0) is 69.2 Å². The number of imidazole rings is 1. The molecule has 2 heterocycles. The number of pyridine rings is 1. The van der Waals surface area contributed by atoms with Crippen LogP contribution in [0.3, 0.4) is 0 Å². The summed E-state index contributed by atoms with van der Waals surface area (Å²) in [5.41, 5.74) is 3.24. The molecule has 0 bridgehead atoms. The number of phenols is 1. The van der Waals surface area contributed by atoms with E-state index in [4.69, 9.17) is 9.47 Å². The first-order valence-electron chi connectivity index (χ1n) is 12.7. The number of carbonyl (C=O) groups excluding carboxylic acids is 2. The molecule has 0 aliphatic carbocycles. The Morgan fingerprint density at radius 3 is 2.58 bits per heavy atom. The number of halogens is 1. The number of fused-ring (bicyclic) bond motifs is 1. The van der Waals surface area contributed by atoms with Crippen molar-refractivity contribution in [1.82, 2.24) is 9.38 Å². The summed E-state index contributed by atoms with van der Waals surface area (Å²) in [6, 6.07) is 10.5. The summed E-state index contributed by atoms with van der Waals surface area (Å²) in [6.07, 6.45) is 4.33. The fraction of sp³-hybridized carbons (Fsp3) is 0.258. The minimum absolute atomic E-state index is 0.105. The Balaban J connectivity index is 1.98. The highest BCUT2D eigenvalue weighted by molar-refractivity contribution is 6.12. The van der Waals surface area contributed by atoms with Crippen LogP contribution in [-0.2, 0) is 9.47 Å². The molecule has 0 spiro atoms. The number of carbonyl (C=O) groups is 2. The fourth-order valence-corrected chi connectivity index (χ4v) is 4.33. The maximum atomic E-state index is 14.1. The molecule has 0 saturated heterocycles. The van der Waals surface area contributed by atoms with Gasteiger partial charge in [-0.3, -0.25) is 14.1 Å². The Kier molecular flexibility index (Phi) is 8.06. The number of methoxy groups -OCH3 is 1. The van der Waals surface area contributed by atoms with Gasteiger partial charge in [-0.1, -0.05) is 24.8 Å². The molecule has 8 nitrogen and oxygen atoms in total. The van der Waals surface area contributed by atoms with Crippen LogP contribution in [-0.4, -0.2) is 52.2 Å². The molecule has 2 aromatic carbocycles. The first kappa shape index (κ1) is 28.5. The molecule has 4 rings (SSSR count). The average molecular weight is 546 g/mol. The van der Waals surface area contributed by atoms with Crippen LogP contribution < -0.4 is 4.90 Å². The number of nitrogens with zero attached hydrogens (tertiary/aromatic N) is 3. The largest absolute Gasteiger partial charge is 0.507 e. The van der Waals surface area contributed by atoms with Crippen molar-refractivity contribution in [3.05, 3.63) is 89.5 Å². The van der Waals surface area contributed by atoms with E-state index in [1.165, 1.54) is 18.1 Å². The van der Waals surface area contributed by atoms with Crippen molar-refractivity contribution in [1.29, 1.82) is 0 Å². The number of ether oxygens (including phenoxy) is 2. The van der Waals surface area contributed by atoms with Gasteiger partial charge in [0, 0.05) is 24.4 Å². The summed E-state index contributed by atoms with van der Waals surface area (Å²) in [7, 11) is 1.51. The van der Waals surface area contributed by atoms with Gasteiger partial charge in [0.25, 0.3) is 0 Å². The third-order valence-corrected chi connectivity index (χ3v) is 6.26. The van der Waals surface area contributed by atoms with Crippen molar-refractivity contribution in [3.63, 3.8) is 0 Å². The Bertz CT molecular complexity index is 1600. The lowest BCUT2D eigenvalue weighted by atomic mass is 10.0. The molecule has 9 heteroatoms. The minimum atomic E-state index is -0.787. The fourth-order valence-electron chi connectivity index (χ4n) is 4.33. The van der Waals surface area contributed by atoms with E-state index in [1.807, 2.05) is 25.1 Å². The van der Waals surface area contributed by atoms with Gasteiger partial charge in [-0.2, -0.15) is 0 Å². The highest BCUT2D eigenvalue weighted by Crippen LogP contribution is 2.32. The Labute approximate surface area is 232 Å². The number of amides is 1. The van der Waals surface area contributed by atoms with Crippen LogP contribution in [0.2, 0.25) is 0 Å². The van der Waals surface area contributed by atoms with Gasteiger partial charge in [-0.15, -0.1) is 0 Å². The van der Waals surface area contributed by atoms with Crippen molar-refractivity contribution in [2.75, 3.05) is 25.2 Å². The average Bonchev–Trinajstić information content (AvgIpc) is 3.33. The van der Waals surface area contributed by atoms with Crippen molar-refractivity contribution < 1.29 is 28.6 Å². The number of benzene rings is 2.